The van der Waals surface area contributed by atoms with Gasteiger partial charge >= 0.3 is 12.0 Å². The van der Waals surface area contributed by atoms with Gasteiger partial charge in [0.1, 0.15) is 6.54 Å². The topological polar surface area (TPSA) is 98.7 Å². The van der Waals surface area contributed by atoms with Crippen molar-refractivity contribution in [2.75, 3.05) is 26.2 Å². The number of hydrogen-bond donors (Lipinski definition) is 3. The molecule has 1 aliphatic carbocycles. The molecule has 2 fully saturated rings. The van der Waals surface area contributed by atoms with E-state index in [2.05, 4.69) is 10.6 Å². The number of nitrogens with zero attached hydrogens (tertiary/aromatic N) is 1. The number of carboxylic acids is 1. The molecule has 0 aromatic rings. The van der Waals surface area contributed by atoms with Gasteiger partial charge in [-0.15, -0.1) is 0 Å². The molecule has 0 unspecified atom stereocenters. The van der Waals surface area contributed by atoms with E-state index >= 15 is 0 Å². The molecule has 0 spiro atoms. The molecule has 0 bridgehead atoms. The van der Waals surface area contributed by atoms with Crippen LogP contribution in [0.4, 0.5) is 4.79 Å². The predicted molar refractivity (Wildman–Crippen MR) is 71.1 cm³/mol. The van der Waals surface area contributed by atoms with Crippen LogP contribution in [0.25, 0.3) is 0 Å². The van der Waals surface area contributed by atoms with Crippen molar-refractivity contribution < 1.29 is 19.5 Å². The van der Waals surface area contributed by atoms with Crippen molar-refractivity contribution in [2.24, 2.45) is 11.8 Å². The summed E-state index contributed by atoms with van der Waals surface area (Å²) < 4.78 is 0. The Morgan fingerprint density at radius 1 is 1.30 bits per heavy atom. The predicted octanol–water partition coefficient (Wildman–Crippen LogP) is 0.0188. The SMILES string of the molecule is O=C1CN(C(=O)NCC2CCC(C(=O)O)CC2)CCN1. The standard InChI is InChI=1S/C13H21N3O4/c17-11-8-16(6-5-14-11)13(20)15-7-9-1-3-10(4-2-9)12(18)19/h9-10H,1-8H2,(H,14,17)(H,15,20)(H,18,19). The Labute approximate surface area is 117 Å². The third kappa shape index (κ3) is 3.85. The minimum absolute atomic E-state index is 0.109. The normalized spacial score (nSPS) is 26.8. The number of hydrogen-bond acceptors (Lipinski definition) is 3. The van der Waals surface area contributed by atoms with Crippen LogP contribution in [0.2, 0.25) is 0 Å². The van der Waals surface area contributed by atoms with E-state index in [1.54, 1.807) is 0 Å². The van der Waals surface area contributed by atoms with E-state index in [1.165, 1.54) is 4.90 Å². The highest BCUT2D eigenvalue weighted by molar-refractivity contribution is 5.85. The first kappa shape index (κ1) is 14.6. The van der Waals surface area contributed by atoms with Gasteiger partial charge in [0.05, 0.1) is 5.92 Å². The summed E-state index contributed by atoms with van der Waals surface area (Å²) >= 11 is 0. The van der Waals surface area contributed by atoms with Gasteiger partial charge in [0.25, 0.3) is 0 Å². The second-order valence-electron chi connectivity index (χ2n) is 5.51. The minimum atomic E-state index is -0.716. The molecule has 112 valence electrons. The van der Waals surface area contributed by atoms with Crippen molar-refractivity contribution in [3.63, 3.8) is 0 Å². The zero-order valence-corrected chi connectivity index (χ0v) is 11.4. The molecule has 1 heterocycles. The van der Waals surface area contributed by atoms with Crippen LogP contribution in [0.15, 0.2) is 0 Å². The second kappa shape index (κ2) is 6.58. The molecule has 7 nitrogen and oxygen atoms in total. The number of rotatable bonds is 3. The number of carbonyl (C=O) groups excluding carboxylic acids is 2. The van der Waals surface area contributed by atoms with Crippen molar-refractivity contribution in [1.82, 2.24) is 15.5 Å². The third-order valence-electron chi connectivity index (χ3n) is 4.06. The zero-order valence-electron chi connectivity index (χ0n) is 11.4. The van der Waals surface area contributed by atoms with Crippen molar-refractivity contribution in [3.8, 4) is 0 Å². The Morgan fingerprint density at radius 3 is 2.60 bits per heavy atom. The Morgan fingerprint density at radius 2 is 2.00 bits per heavy atom. The molecule has 1 saturated carbocycles. The van der Waals surface area contributed by atoms with Gasteiger partial charge in [-0.05, 0) is 31.6 Å². The van der Waals surface area contributed by atoms with Crippen molar-refractivity contribution in [2.45, 2.75) is 25.7 Å². The second-order valence-corrected chi connectivity index (χ2v) is 5.51. The van der Waals surface area contributed by atoms with Crippen LogP contribution >= 0.6 is 0 Å². The molecule has 1 saturated heterocycles. The van der Waals surface area contributed by atoms with E-state index in [-0.39, 0.29) is 24.4 Å². The number of carbonyl (C=O) groups is 3. The van der Waals surface area contributed by atoms with Gasteiger partial charge in [-0.3, -0.25) is 9.59 Å². The Bertz CT molecular complexity index is 391. The lowest BCUT2D eigenvalue weighted by Crippen LogP contribution is -2.53. The van der Waals surface area contributed by atoms with Gasteiger partial charge in [-0.25, -0.2) is 4.79 Å². The molecule has 2 aliphatic rings. The summed E-state index contributed by atoms with van der Waals surface area (Å²) in [5.41, 5.74) is 0. The summed E-state index contributed by atoms with van der Waals surface area (Å²) in [6.45, 7) is 1.69. The monoisotopic (exact) mass is 283 g/mol. The van der Waals surface area contributed by atoms with Crippen LogP contribution in [-0.4, -0.2) is 54.1 Å². The number of carboxylic acid groups (broad SMARTS) is 1. The maximum Gasteiger partial charge on any atom is 0.317 e. The minimum Gasteiger partial charge on any atom is -0.481 e. The highest BCUT2D eigenvalue weighted by Crippen LogP contribution is 2.28. The van der Waals surface area contributed by atoms with Crippen LogP contribution in [-0.2, 0) is 9.59 Å². The molecule has 3 amide bonds. The molecule has 0 radical (unpaired) electrons. The van der Waals surface area contributed by atoms with Gasteiger partial charge in [-0.2, -0.15) is 0 Å². The summed E-state index contributed by atoms with van der Waals surface area (Å²) in [6, 6.07) is -0.208. The highest BCUT2D eigenvalue weighted by Gasteiger charge is 2.27. The summed E-state index contributed by atoms with van der Waals surface area (Å²) in [4.78, 5) is 35.4. The number of nitrogens with one attached hydrogen (secondary N) is 2. The molecule has 20 heavy (non-hydrogen) atoms. The molecule has 7 heteroatoms. The van der Waals surface area contributed by atoms with E-state index in [0.29, 0.717) is 38.4 Å². The smallest absolute Gasteiger partial charge is 0.317 e. The lowest BCUT2D eigenvalue weighted by molar-refractivity contribution is -0.143. The number of aliphatic carboxylic acids is 1. The van der Waals surface area contributed by atoms with Gasteiger partial charge in [0.2, 0.25) is 5.91 Å². The van der Waals surface area contributed by atoms with Crippen LogP contribution in [0, 0.1) is 11.8 Å². The first-order valence-corrected chi connectivity index (χ1v) is 7.08. The average molecular weight is 283 g/mol. The van der Waals surface area contributed by atoms with Crippen molar-refractivity contribution >= 4 is 17.9 Å². The third-order valence-corrected chi connectivity index (χ3v) is 4.06. The maximum atomic E-state index is 11.9. The van der Waals surface area contributed by atoms with Crippen molar-refractivity contribution in [3.05, 3.63) is 0 Å². The Kier molecular flexibility index (Phi) is 4.81. The summed E-state index contributed by atoms with van der Waals surface area (Å²) in [7, 11) is 0. The zero-order chi connectivity index (χ0) is 14.5. The van der Waals surface area contributed by atoms with Gasteiger partial charge in [-0.1, -0.05) is 0 Å². The van der Waals surface area contributed by atoms with Crippen LogP contribution in [0.3, 0.4) is 0 Å². The fourth-order valence-electron chi connectivity index (χ4n) is 2.77. The fraction of sp³-hybridized carbons (Fsp3) is 0.769. The number of piperazine rings is 1. The van der Waals surface area contributed by atoms with E-state index in [9.17, 15) is 14.4 Å². The van der Waals surface area contributed by atoms with Crippen molar-refractivity contribution in [1.29, 1.82) is 0 Å². The van der Waals surface area contributed by atoms with E-state index in [4.69, 9.17) is 5.11 Å². The Balaban J connectivity index is 1.69. The average Bonchev–Trinajstić information content (AvgIpc) is 2.45. The molecule has 0 aromatic heterocycles. The molecular weight excluding hydrogens is 262 g/mol. The van der Waals surface area contributed by atoms with Crippen LogP contribution < -0.4 is 10.6 Å². The maximum absolute atomic E-state index is 11.9. The Hall–Kier alpha value is -1.79. The van der Waals surface area contributed by atoms with E-state index in [1.807, 2.05) is 0 Å². The molecule has 2 rings (SSSR count). The van der Waals surface area contributed by atoms with Crippen LogP contribution in [0.5, 0.6) is 0 Å². The molecular formula is C13H21N3O4. The van der Waals surface area contributed by atoms with Crippen LogP contribution in [0.1, 0.15) is 25.7 Å². The fourth-order valence-corrected chi connectivity index (χ4v) is 2.77. The van der Waals surface area contributed by atoms with E-state index < -0.39 is 5.97 Å². The molecule has 3 N–H and O–H groups in total. The lowest BCUT2D eigenvalue weighted by Gasteiger charge is -2.29. The summed E-state index contributed by atoms with van der Waals surface area (Å²) in [5, 5.41) is 14.4. The van der Waals surface area contributed by atoms with Gasteiger partial charge in [0, 0.05) is 19.6 Å². The first-order chi connectivity index (χ1) is 9.56. The van der Waals surface area contributed by atoms with Gasteiger partial charge in [0.15, 0.2) is 0 Å². The summed E-state index contributed by atoms with van der Waals surface area (Å²) in [6.07, 6.45) is 3.03. The highest BCUT2D eigenvalue weighted by atomic mass is 16.4. The number of amides is 3. The number of urea groups is 1. The largest absolute Gasteiger partial charge is 0.481 e. The lowest BCUT2D eigenvalue weighted by atomic mass is 9.82. The van der Waals surface area contributed by atoms with E-state index in [0.717, 1.165) is 12.8 Å². The first-order valence-electron chi connectivity index (χ1n) is 7.08. The molecule has 0 atom stereocenters. The quantitative estimate of drug-likeness (QED) is 0.680. The summed E-state index contributed by atoms with van der Waals surface area (Å²) in [5.74, 6) is -0.735. The molecule has 0 aromatic carbocycles. The molecule has 1 aliphatic heterocycles. The van der Waals surface area contributed by atoms with Gasteiger partial charge < -0.3 is 20.6 Å².